The van der Waals surface area contributed by atoms with Crippen LogP contribution >= 0.6 is 0 Å². The zero-order chi connectivity index (χ0) is 39.7. The lowest BCUT2D eigenvalue weighted by atomic mass is 9.93. The van der Waals surface area contributed by atoms with Crippen LogP contribution < -0.4 is 16.8 Å². The fraction of sp³-hybridized carbons (Fsp3) is 0.700. The Hall–Kier alpha value is -2.76. The van der Waals surface area contributed by atoms with E-state index in [4.69, 9.17) is 49.4 Å². The third kappa shape index (κ3) is 14.4. The van der Waals surface area contributed by atoms with E-state index in [2.05, 4.69) is 19.2 Å². The van der Waals surface area contributed by atoms with Crippen LogP contribution in [-0.2, 0) is 37.9 Å². The summed E-state index contributed by atoms with van der Waals surface area (Å²) >= 11 is 0. The zero-order valence-corrected chi connectivity index (χ0v) is 33.7. The molecule has 1 heterocycles. The van der Waals surface area contributed by atoms with Crippen LogP contribution in [0.25, 0.3) is 10.8 Å². The lowest BCUT2D eigenvalue weighted by Gasteiger charge is -2.35. The van der Waals surface area contributed by atoms with Crippen LogP contribution in [0.5, 0.6) is 0 Å². The van der Waals surface area contributed by atoms with Crippen molar-refractivity contribution in [1.82, 2.24) is 4.90 Å². The maximum atomic E-state index is 13.5. The maximum absolute atomic E-state index is 13.5. The highest BCUT2D eigenvalue weighted by Gasteiger charge is 2.35. The lowest BCUT2D eigenvalue weighted by Crippen LogP contribution is -2.44. The van der Waals surface area contributed by atoms with E-state index in [1.165, 1.54) is 4.90 Å². The molecule has 0 radical (unpaired) electrons. The quantitative estimate of drug-likeness (QED) is 0.0598. The van der Waals surface area contributed by atoms with E-state index in [1.54, 1.807) is 12.1 Å². The summed E-state index contributed by atoms with van der Waals surface area (Å²) in [5.41, 5.74) is 13.0. The van der Waals surface area contributed by atoms with Gasteiger partial charge in [0.15, 0.2) is 0 Å². The largest absolute Gasteiger partial charge is 0.380 e. The molecule has 1 aliphatic rings. The molecular formula is C40H66N4O10. The molecule has 6 atom stereocenters. The first-order chi connectivity index (χ1) is 25.8. The fourth-order valence-electron chi connectivity index (χ4n) is 5.63. The average molecular weight is 763 g/mol. The van der Waals surface area contributed by atoms with Gasteiger partial charge in [0.1, 0.15) is 0 Å². The molecule has 2 amide bonds. The summed E-state index contributed by atoms with van der Waals surface area (Å²) in [5, 5.41) is 4.93. The Balaban J connectivity index is 1.59. The maximum Gasteiger partial charge on any atom is 0.282 e. The number of ether oxygens (including phenoxy) is 8. The van der Waals surface area contributed by atoms with Crippen LogP contribution in [0.15, 0.2) is 30.3 Å². The lowest BCUT2D eigenvalue weighted by molar-refractivity contribution is -0.393. The molecule has 2 aromatic carbocycles. The van der Waals surface area contributed by atoms with Gasteiger partial charge < -0.3 is 54.7 Å². The molecule has 0 bridgehead atoms. The highest BCUT2D eigenvalue weighted by atomic mass is 16.9. The second-order valence-electron chi connectivity index (χ2n) is 14.5. The Labute approximate surface area is 321 Å². The van der Waals surface area contributed by atoms with Crippen molar-refractivity contribution in [3.63, 3.8) is 0 Å². The third-order valence-corrected chi connectivity index (χ3v) is 8.52. The minimum Gasteiger partial charge on any atom is -0.380 e. The smallest absolute Gasteiger partial charge is 0.282 e. The fourth-order valence-corrected chi connectivity index (χ4v) is 5.63. The number of hydrogen-bond acceptors (Lipinski definition) is 13. The van der Waals surface area contributed by atoms with E-state index in [0.717, 1.165) is 11.1 Å². The summed E-state index contributed by atoms with van der Waals surface area (Å²) in [6, 6.07) is 8.94. The Kier molecular flexibility index (Phi) is 19.7. The molecule has 14 heteroatoms. The monoisotopic (exact) mass is 762 g/mol. The van der Waals surface area contributed by atoms with Gasteiger partial charge in [-0.2, -0.15) is 0 Å². The minimum atomic E-state index is -1.32. The Morgan fingerprint density at radius 3 is 1.81 bits per heavy atom. The summed E-state index contributed by atoms with van der Waals surface area (Å²) in [7, 11) is 0. The number of rotatable bonds is 29. The highest BCUT2D eigenvalue weighted by molar-refractivity contribution is 6.26. The molecule has 306 valence electrons. The second kappa shape index (κ2) is 23.3. The molecule has 0 aromatic heterocycles. The van der Waals surface area contributed by atoms with Gasteiger partial charge in [-0.1, -0.05) is 32.9 Å². The van der Waals surface area contributed by atoms with E-state index in [1.807, 2.05) is 59.7 Å². The van der Waals surface area contributed by atoms with Crippen molar-refractivity contribution in [3.05, 3.63) is 41.5 Å². The Morgan fingerprint density at radius 1 is 0.704 bits per heavy atom. The first-order valence-corrected chi connectivity index (χ1v) is 19.4. The normalized spacial score (nSPS) is 17.1. The van der Waals surface area contributed by atoms with Crippen LogP contribution in [0.2, 0.25) is 0 Å². The molecule has 0 saturated heterocycles. The minimum absolute atomic E-state index is 0.0833. The van der Waals surface area contributed by atoms with Crippen LogP contribution in [0.1, 0.15) is 82.5 Å². The SMILES string of the molecule is CCC(OCC(C)OCC(C)C)(OCC(C)OCC(C)N)OCC(C)OCC(C)Nc1ccc2c3c(cccc13)C(=O)N(CCOCCOCCN)C2=O. The van der Waals surface area contributed by atoms with Crippen LogP contribution in [0.3, 0.4) is 0 Å². The van der Waals surface area contributed by atoms with E-state index < -0.39 is 5.97 Å². The average Bonchev–Trinajstić information content (AvgIpc) is 3.15. The number of carbonyl (C=O) groups is 2. The molecule has 0 saturated carbocycles. The molecule has 6 unspecified atom stereocenters. The van der Waals surface area contributed by atoms with E-state index in [0.29, 0.717) is 75.0 Å². The van der Waals surface area contributed by atoms with Gasteiger partial charge in [0, 0.05) is 59.2 Å². The number of anilines is 1. The molecule has 3 rings (SSSR count). The van der Waals surface area contributed by atoms with Gasteiger partial charge in [-0.3, -0.25) is 14.5 Å². The van der Waals surface area contributed by atoms with Gasteiger partial charge in [-0.25, -0.2) is 0 Å². The summed E-state index contributed by atoms with van der Waals surface area (Å²) in [5.74, 6) is -1.60. The number of amides is 2. The topological polar surface area (TPSA) is 175 Å². The third-order valence-electron chi connectivity index (χ3n) is 8.52. The standard InChI is InChI=1S/C40H66N4O10/c1-9-40(52-24-30(6)49-21-27(2)3,53-25-31(7)50-22-28(4)42)54-26-32(8)51-23-29(5)43-36-14-13-35-37-33(36)11-10-12-34(37)38(45)44(39(35)46)16-18-48-20-19-47-17-15-41/h10-14,27-32,43H,9,15-26,41-42H2,1-8H3. The van der Waals surface area contributed by atoms with Gasteiger partial charge in [0.05, 0.1) is 84.3 Å². The van der Waals surface area contributed by atoms with Crippen LogP contribution in [0, 0.1) is 5.92 Å². The van der Waals surface area contributed by atoms with Crippen molar-refractivity contribution in [3.8, 4) is 0 Å². The zero-order valence-electron chi connectivity index (χ0n) is 33.7. The molecule has 2 aromatic rings. The van der Waals surface area contributed by atoms with Crippen molar-refractivity contribution >= 4 is 28.3 Å². The summed E-state index contributed by atoms with van der Waals surface area (Å²) in [6.45, 7) is 20.0. The van der Waals surface area contributed by atoms with Crippen molar-refractivity contribution < 1.29 is 47.5 Å². The molecule has 14 nitrogen and oxygen atoms in total. The molecule has 0 aliphatic carbocycles. The number of carbonyl (C=O) groups excluding carboxylic acids is 2. The predicted octanol–water partition coefficient (Wildman–Crippen LogP) is 4.56. The van der Waals surface area contributed by atoms with Gasteiger partial charge in [0.25, 0.3) is 17.8 Å². The van der Waals surface area contributed by atoms with Crippen molar-refractivity contribution in [2.45, 2.75) is 98.2 Å². The molecule has 5 N–H and O–H groups in total. The van der Waals surface area contributed by atoms with Gasteiger partial charge >= 0.3 is 0 Å². The summed E-state index contributed by atoms with van der Waals surface area (Å²) in [4.78, 5) is 28.2. The van der Waals surface area contributed by atoms with Crippen LogP contribution in [-0.4, -0.2) is 132 Å². The van der Waals surface area contributed by atoms with Gasteiger partial charge in [0.2, 0.25) is 0 Å². The van der Waals surface area contributed by atoms with E-state index in [-0.39, 0.29) is 75.2 Å². The van der Waals surface area contributed by atoms with Gasteiger partial charge in [-0.15, -0.1) is 0 Å². The van der Waals surface area contributed by atoms with Crippen molar-refractivity contribution in [2.75, 3.05) is 84.5 Å². The molecule has 1 aliphatic heterocycles. The number of benzene rings is 2. The van der Waals surface area contributed by atoms with E-state index >= 15 is 0 Å². The van der Waals surface area contributed by atoms with Crippen molar-refractivity contribution in [1.29, 1.82) is 0 Å². The molecule has 0 spiro atoms. The Morgan fingerprint density at radius 2 is 1.26 bits per heavy atom. The second-order valence-corrected chi connectivity index (χ2v) is 14.5. The number of imide groups is 1. The van der Waals surface area contributed by atoms with Gasteiger partial charge in [-0.05, 0) is 58.7 Å². The first kappa shape index (κ1) is 45.6. The Bertz CT molecular complexity index is 1380. The molecular weight excluding hydrogens is 696 g/mol. The number of hydrogen-bond donors (Lipinski definition) is 3. The number of nitrogens with zero attached hydrogens (tertiary/aromatic N) is 1. The van der Waals surface area contributed by atoms with E-state index in [9.17, 15) is 9.59 Å². The predicted molar refractivity (Wildman–Crippen MR) is 209 cm³/mol. The van der Waals surface area contributed by atoms with Crippen molar-refractivity contribution in [2.24, 2.45) is 17.4 Å². The first-order valence-electron chi connectivity index (χ1n) is 19.4. The number of nitrogens with two attached hydrogens (primary N) is 2. The molecule has 0 fully saturated rings. The number of nitrogens with one attached hydrogen (secondary N) is 1. The molecule has 54 heavy (non-hydrogen) atoms. The summed E-state index contributed by atoms with van der Waals surface area (Å²) < 4.78 is 47.6. The summed E-state index contributed by atoms with van der Waals surface area (Å²) in [6.07, 6.45) is -0.234. The highest BCUT2D eigenvalue weighted by Crippen LogP contribution is 2.34. The van der Waals surface area contributed by atoms with Crippen LogP contribution in [0.4, 0.5) is 5.69 Å².